The summed E-state index contributed by atoms with van der Waals surface area (Å²) in [5.74, 6) is -0.00674. The first-order valence-electron chi connectivity index (χ1n) is 9.77. The molecule has 0 radical (unpaired) electrons. The zero-order valence-corrected chi connectivity index (χ0v) is 16.4. The van der Waals surface area contributed by atoms with Crippen LogP contribution in [0.5, 0.6) is 5.75 Å². The average Bonchev–Trinajstić information content (AvgIpc) is 2.64. The molecule has 0 saturated heterocycles. The summed E-state index contributed by atoms with van der Waals surface area (Å²) in [6.07, 6.45) is -3.72. The maximum absolute atomic E-state index is 12.8. The van der Waals surface area contributed by atoms with E-state index in [-0.39, 0.29) is 32.0 Å². The van der Waals surface area contributed by atoms with Crippen molar-refractivity contribution < 1.29 is 23.0 Å². The summed E-state index contributed by atoms with van der Waals surface area (Å²) >= 11 is 0. The van der Waals surface area contributed by atoms with Crippen LogP contribution in [0.25, 0.3) is 0 Å². The second-order valence-corrected chi connectivity index (χ2v) is 7.24. The molecule has 1 aliphatic carbocycles. The van der Waals surface area contributed by atoms with E-state index in [2.05, 4.69) is 15.6 Å². The van der Waals surface area contributed by atoms with E-state index >= 15 is 0 Å². The van der Waals surface area contributed by atoms with E-state index < -0.39 is 18.2 Å². The quantitative estimate of drug-likeness (QED) is 0.484. The number of rotatable bonds is 7. The zero-order valence-electron chi connectivity index (χ0n) is 16.4. The molecule has 0 aliphatic heterocycles. The molecule has 5 nitrogen and oxygen atoms in total. The third-order valence-corrected chi connectivity index (χ3v) is 4.77. The lowest BCUT2D eigenvalue weighted by molar-refractivity contribution is -0.182. The number of ether oxygens (including phenoxy) is 1. The molecule has 8 heteroatoms. The van der Waals surface area contributed by atoms with Crippen LogP contribution in [0.4, 0.5) is 13.2 Å². The summed E-state index contributed by atoms with van der Waals surface area (Å²) in [5, 5.41) is 16.4. The van der Waals surface area contributed by atoms with Gasteiger partial charge in [0.25, 0.3) is 0 Å². The Labute approximate surface area is 164 Å². The van der Waals surface area contributed by atoms with E-state index in [9.17, 15) is 18.3 Å². The van der Waals surface area contributed by atoms with Crippen LogP contribution in [0.15, 0.2) is 29.3 Å². The van der Waals surface area contributed by atoms with Crippen molar-refractivity contribution in [1.82, 2.24) is 10.6 Å². The van der Waals surface area contributed by atoms with E-state index in [0.29, 0.717) is 31.1 Å². The lowest BCUT2D eigenvalue weighted by Gasteiger charge is -2.31. The molecule has 0 spiro atoms. The zero-order chi connectivity index (χ0) is 20.6. The minimum atomic E-state index is -4.11. The highest BCUT2D eigenvalue weighted by molar-refractivity contribution is 5.80. The monoisotopic (exact) mass is 401 g/mol. The van der Waals surface area contributed by atoms with Crippen LogP contribution in [-0.2, 0) is 0 Å². The molecular weight excluding hydrogens is 371 g/mol. The van der Waals surface area contributed by atoms with Gasteiger partial charge >= 0.3 is 6.18 Å². The van der Waals surface area contributed by atoms with Gasteiger partial charge in [0, 0.05) is 12.6 Å². The lowest BCUT2D eigenvalue weighted by atomic mass is 9.85. The molecule has 1 aromatic carbocycles. The number of aliphatic hydroxyl groups is 1. The van der Waals surface area contributed by atoms with Crippen LogP contribution in [0.2, 0.25) is 0 Å². The number of alkyl halides is 3. The van der Waals surface area contributed by atoms with E-state index in [1.165, 1.54) is 0 Å². The van der Waals surface area contributed by atoms with Gasteiger partial charge in [-0.15, -0.1) is 0 Å². The van der Waals surface area contributed by atoms with Crippen molar-refractivity contribution in [1.29, 1.82) is 0 Å². The van der Waals surface area contributed by atoms with Crippen LogP contribution in [0.1, 0.15) is 38.2 Å². The van der Waals surface area contributed by atoms with Crippen molar-refractivity contribution in [2.45, 2.75) is 57.9 Å². The highest BCUT2D eigenvalue weighted by Crippen LogP contribution is 2.37. The van der Waals surface area contributed by atoms with Gasteiger partial charge in [-0.25, -0.2) is 0 Å². The van der Waals surface area contributed by atoms with Gasteiger partial charge in [0.1, 0.15) is 18.5 Å². The molecule has 1 aromatic rings. The van der Waals surface area contributed by atoms with Gasteiger partial charge in [-0.3, -0.25) is 4.99 Å². The molecule has 0 amide bonds. The number of halogens is 3. The second-order valence-electron chi connectivity index (χ2n) is 7.24. The van der Waals surface area contributed by atoms with Crippen LogP contribution < -0.4 is 15.4 Å². The lowest BCUT2D eigenvalue weighted by Crippen LogP contribution is -2.46. The third-order valence-electron chi connectivity index (χ3n) is 4.77. The van der Waals surface area contributed by atoms with Crippen LogP contribution >= 0.6 is 0 Å². The normalized spacial score (nSPS) is 21.9. The summed E-state index contributed by atoms with van der Waals surface area (Å²) in [4.78, 5) is 4.35. The largest absolute Gasteiger partial charge is 0.491 e. The minimum absolute atomic E-state index is 0.0444. The van der Waals surface area contributed by atoms with Gasteiger partial charge in [-0.2, -0.15) is 13.2 Å². The number of aliphatic imine (C=N–C) groups is 1. The van der Waals surface area contributed by atoms with E-state index in [1.54, 1.807) is 0 Å². The summed E-state index contributed by atoms with van der Waals surface area (Å²) in [6, 6.07) is 7.52. The fourth-order valence-electron chi connectivity index (χ4n) is 3.23. The van der Waals surface area contributed by atoms with E-state index in [4.69, 9.17) is 4.74 Å². The molecular formula is C20H30F3N3O2. The predicted molar refractivity (Wildman–Crippen MR) is 104 cm³/mol. The van der Waals surface area contributed by atoms with Crippen LogP contribution in [0, 0.1) is 12.8 Å². The topological polar surface area (TPSA) is 65.9 Å². The second kappa shape index (κ2) is 10.5. The molecule has 1 saturated carbocycles. The number of aryl methyl sites for hydroxylation is 1. The SMILES string of the molecule is CCNC(=NCC(O)COc1cccc(C)c1)NC1CCC(C(F)(F)F)CC1. The Hall–Kier alpha value is -1.96. The maximum atomic E-state index is 12.8. The summed E-state index contributed by atoms with van der Waals surface area (Å²) in [6.45, 7) is 4.75. The summed E-state index contributed by atoms with van der Waals surface area (Å²) < 4.78 is 43.9. The Morgan fingerprint density at radius 3 is 2.61 bits per heavy atom. The van der Waals surface area contributed by atoms with Gasteiger partial charge in [0.15, 0.2) is 5.96 Å². The number of guanidine groups is 1. The van der Waals surface area contributed by atoms with Crippen molar-refractivity contribution in [3.8, 4) is 5.75 Å². The Bertz CT molecular complexity index is 629. The molecule has 1 aliphatic rings. The molecule has 0 heterocycles. The van der Waals surface area contributed by atoms with Crippen LogP contribution in [0.3, 0.4) is 0 Å². The van der Waals surface area contributed by atoms with E-state index in [1.807, 2.05) is 38.1 Å². The van der Waals surface area contributed by atoms with Gasteiger partial charge < -0.3 is 20.5 Å². The molecule has 28 heavy (non-hydrogen) atoms. The van der Waals surface area contributed by atoms with Crippen molar-refractivity contribution in [2.75, 3.05) is 19.7 Å². The highest BCUT2D eigenvalue weighted by Gasteiger charge is 2.41. The number of nitrogens with one attached hydrogen (secondary N) is 2. The fraction of sp³-hybridized carbons (Fsp3) is 0.650. The molecule has 158 valence electrons. The molecule has 3 N–H and O–H groups in total. The van der Waals surface area contributed by atoms with Crippen LogP contribution in [-0.4, -0.2) is 49.1 Å². The fourth-order valence-corrected chi connectivity index (χ4v) is 3.23. The highest BCUT2D eigenvalue weighted by atomic mass is 19.4. The Balaban J connectivity index is 1.79. The molecule has 1 unspecified atom stereocenters. The smallest absolute Gasteiger partial charge is 0.391 e. The first-order chi connectivity index (χ1) is 13.3. The summed E-state index contributed by atoms with van der Waals surface area (Å²) in [7, 11) is 0. The van der Waals surface area contributed by atoms with Gasteiger partial charge in [0.2, 0.25) is 0 Å². The van der Waals surface area contributed by atoms with Gasteiger partial charge in [0.05, 0.1) is 12.5 Å². The predicted octanol–water partition coefficient (Wildman–Crippen LogP) is 3.41. The minimum Gasteiger partial charge on any atom is -0.491 e. The number of hydrogen-bond acceptors (Lipinski definition) is 3. The third kappa shape index (κ3) is 7.58. The van der Waals surface area contributed by atoms with Gasteiger partial charge in [-0.05, 0) is 57.2 Å². The first kappa shape index (κ1) is 22.3. The van der Waals surface area contributed by atoms with Crippen molar-refractivity contribution >= 4 is 5.96 Å². The standard InChI is InChI=1S/C20H30F3N3O2/c1-3-24-19(26-16-9-7-15(8-10-16)20(21,22)23)25-12-17(27)13-28-18-6-4-5-14(2)11-18/h4-6,11,15-17,27H,3,7-10,12-13H2,1-2H3,(H2,24,25,26). The Morgan fingerprint density at radius 2 is 2.00 bits per heavy atom. The number of hydrogen-bond donors (Lipinski definition) is 3. The summed E-state index contributed by atoms with van der Waals surface area (Å²) in [5.41, 5.74) is 1.07. The number of benzene rings is 1. The van der Waals surface area contributed by atoms with E-state index in [0.717, 1.165) is 5.56 Å². The first-order valence-corrected chi connectivity index (χ1v) is 9.77. The molecule has 1 fully saturated rings. The van der Waals surface area contributed by atoms with Gasteiger partial charge in [-0.1, -0.05) is 12.1 Å². The molecule has 0 bridgehead atoms. The Kier molecular flexibility index (Phi) is 8.41. The number of aliphatic hydroxyl groups excluding tert-OH is 1. The average molecular weight is 401 g/mol. The van der Waals surface area contributed by atoms with Crippen molar-refractivity contribution in [3.63, 3.8) is 0 Å². The van der Waals surface area contributed by atoms with Crippen molar-refractivity contribution in [2.24, 2.45) is 10.9 Å². The van der Waals surface area contributed by atoms with Crippen molar-refractivity contribution in [3.05, 3.63) is 29.8 Å². The molecule has 1 atom stereocenters. The maximum Gasteiger partial charge on any atom is 0.391 e. The number of nitrogens with zero attached hydrogens (tertiary/aromatic N) is 1. The molecule has 0 aromatic heterocycles. The Morgan fingerprint density at radius 1 is 1.29 bits per heavy atom. The molecule has 2 rings (SSSR count).